The second-order valence-corrected chi connectivity index (χ2v) is 5.94. The topological polar surface area (TPSA) is 49.9 Å². The number of imidazole rings is 1. The summed E-state index contributed by atoms with van der Waals surface area (Å²) in [5.74, 6) is 0.437. The van der Waals surface area contributed by atoms with E-state index in [2.05, 4.69) is 29.1 Å². The van der Waals surface area contributed by atoms with E-state index in [-0.39, 0.29) is 17.3 Å². The first-order chi connectivity index (χ1) is 9.50. The number of aromatic amines is 1. The molecule has 3 rings (SSSR count). The first kappa shape index (κ1) is 13.4. The summed E-state index contributed by atoms with van der Waals surface area (Å²) in [7, 11) is 0. The van der Waals surface area contributed by atoms with Crippen LogP contribution < -0.4 is 5.32 Å². The molecule has 108 valence electrons. The summed E-state index contributed by atoms with van der Waals surface area (Å²) in [4.78, 5) is 7.56. The number of hydrogen-bond acceptors (Lipinski definition) is 3. The van der Waals surface area contributed by atoms with Gasteiger partial charge in [-0.3, -0.25) is 0 Å². The van der Waals surface area contributed by atoms with Gasteiger partial charge >= 0.3 is 0 Å². The lowest BCUT2D eigenvalue weighted by Gasteiger charge is -2.51. The van der Waals surface area contributed by atoms with Crippen LogP contribution in [0.5, 0.6) is 0 Å². The number of nitrogens with zero attached hydrogens (tertiary/aromatic N) is 1. The van der Waals surface area contributed by atoms with Gasteiger partial charge in [-0.05, 0) is 31.5 Å². The summed E-state index contributed by atoms with van der Waals surface area (Å²) >= 11 is 0. The molecule has 2 N–H and O–H groups in total. The minimum absolute atomic E-state index is 0.0697. The summed E-state index contributed by atoms with van der Waals surface area (Å²) in [6.45, 7) is 7.14. The van der Waals surface area contributed by atoms with Gasteiger partial charge in [0, 0.05) is 18.1 Å². The molecule has 0 bridgehead atoms. The maximum absolute atomic E-state index is 13.2. The second-order valence-electron chi connectivity index (χ2n) is 5.94. The first-order valence-corrected chi connectivity index (χ1v) is 7.04. The van der Waals surface area contributed by atoms with Gasteiger partial charge in [0.1, 0.15) is 5.82 Å². The van der Waals surface area contributed by atoms with Crippen LogP contribution in [-0.4, -0.2) is 28.7 Å². The van der Waals surface area contributed by atoms with E-state index in [1.165, 1.54) is 12.1 Å². The van der Waals surface area contributed by atoms with Crippen molar-refractivity contribution in [2.75, 3.05) is 11.9 Å². The Morgan fingerprint density at radius 3 is 3.00 bits per heavy atom. The zero-order chi connectivity index (χ0) is 14.3. The highest BCUT2D eigenvalue weighted by Crippen LogP contribution is 2.44. The molecule has 0 radical (unpaired) electrons. The van der Waals surface area contributed by atoms with Gasteiger partial charge in [0.2, 0.25) is 5.95 Å². The standard InChI is InChI=1S/C15H20FN3O/c1-4-20-13-8-12(15(13,2)3)19-14-17-10-6-5-9(16)7-11(10)18-14/h5-7,12-13H,4,8H2,1-3H3,(H2,17,18,19). The number of H-pyrrole nitrogens is 1. The Morgan fingerprint density at radius 1 is 1.50 bits per heavy atom. The first-order valence-electron chi connectivity index (χ1n) is 7.04. The number of fused-ring (bicyclic) bond motifs is 1. The van der Waals surface area contributed by atoms with Crippen molar-refractivity contribution in [3.63, 3.8) is 0 Å². The van der Waals surface area contributed by atoms with Crippen molar-refractivity contribution in [3.05, 3.63) is 24.0 Å². The van der Waals surface area contributed by atoms with Crippen LogP contribution in [0.2, 0.25) is 0 Å². The van der Waals surface area contributed by atoms with Gasteiger partial charge in [-0.15, -0.1) is 0 Å². The zero-order valence-electron chi connectivity index (χ0n) is 12.0. The van der Waals surface area contributed by atoms with Crippen LogP contribution in [0.4, 0.5) is 10.3 Å². The maximum Gasteiger partial charge on any atom is 0.201 e. The Bertz CT molecular complexity index is 623. The average molecular weight is 277 g/mol. The van der Waals surface area contributed by atoms with Crippen LogP contribution in [0, 0.1) is 11.2 Å². The number of benzene rings is 1. The molecule has 0 amide bonds. The van der Waals surface area contributed by atoms with E-state index in [1.54, 1.807) is 6.07 Å². The summed E-state index contributed by atoms with van der Waals surface area (Å²) < 4.78 is 18.9. The van der Waals surface area contributed by atoms with Crippen LogP contribution in [-0.2, 0) is 4.74 Å². The van der Waals surface area contributed by atoms with Crippen LogP contribution in [0.1, 0.15) is 27.2 Å². The van der Waals surface area contributed by atoms with Crippen LogP contribution in [0.3, 0.4) is 0 Å². The summed E-state index contributed by atoms with van der Waals surface area (Å²) in [6, 6.07) is 4.87. The summed E-state index contributed by atoms with van der Waals surface area (Å²) in [6.07, 6.45) is 1.25. The quantitative estimate of drug-likeness (QED) is 0.901. The Hall–Kier alpha value is -1.62. The largest absolute Gasteiger partial charge is 0.378 e. The summed E-state index contributed by atoms with van der Waals surface area (Å²) in [5.41, 5.74) is 1.55. The second kappa shape index (κ2) is 4.74. The molecule has 5 heteroatoms. The third kappa shape index (κ3) is 2.16. The fraction of sp³-hybridized carbons (Fsp3) is 0.533. The van der Waals surface area contributed by atoms with Gasteiger partial charge in [-0.25, -0.2) is 9.37 Å². The highest BCUT2D eigenvalue weighted by molar-refractivity contribution is 5.77. The highest BCUT2D eigenvalue weighted by atomic mass is 19.1. The highest BCUT2D eigenvalue weighted by Gasteiger charge is 2.49. The molecule has 0 aliphatic heterocycles. The molecule has 20 heavy (non-hydrogen) atoms. The number of anilines is 1. The lowest BCUT2D eigenvalue weighted by atomic mass is 9.64. The van der Waals surface area contributed by atoms with Crippen molar-refractivity contribution < 1.29 is 9.13 Å². The van der Waals surface area contributed by atoms with E-state index in [9.17, 15) is 4.39 Å². The van der Waals surface area contributed by atoms with E-state index in [4.69, 9.17) is 4.74 Å². The molecular weight excluding hydrogens is 257 g/mol. The molecule has 1 aromatic heterocycles. The molecule has 2 unspecified atom stereocenters. The fourth-order valence-corrected chi connectivity index (χ4v) is 2.83. The lowest BCUT2D eigenvalue weighted by molar-refractivity contribution is -0.0977. The van der Waals surface area contributed by atoms with Crippen molar-refractivity contribution in [1.82, 2.24) is 9.97 Å². The van der Waals surface area contributed by atoms with Gasteiger partial charge in [0.15, 0.2) is 0 Å². The molecule has 1 aliphatic rings. The SMILES string of the molecule is CCOC1CC(Nc2nc3ccc(F)cc3[nH]2)C1(C)C. The number of aromatic nitrogens is 2. The molecule has 2 atom stereocenters. The van der Waals surface area contributed by atoms with Crippen molar-refractivity contribution in [2.45, 2.75) is 39.3 Å². The molecule has 1 saturated carbocycles. The van der Waals surface area contributed by atoms with Crippen LogP contribution in [0.25, 0.3) is 11.0 Å². The van der Waals surface area contributed by atoms with Crippen molar-refractivity contribution >= 4 is 17.0 Å². The minimum atomic E-state index is -0.256. The summed E-state index contributed by atoms with van der Waals surface area (Å²) in [5, 5.41) is 3.40. The van der Waals surface area contributed by atoms with Crippen LogP contribution in [0.15, 0.2) is 18.2 Å². The smallest absolute Gasteiger partial charge is 0.201 e. The van der Waals surface area contributed by atoms with E-state index in [0.717, 1.165) is 18.5 Å². The Balaban J connectivity index is 1.74. The number of ether oxygens (including phenoxy) is 1. The maximum atomic E-state index is 13.2. The number of hydrogen-bond donors (Lipinski definition) is 2. The molecule has 4 nitrogen and oxygen atoms in total. The zero-order valence-corrected chi connectivity index (χ0v) is 12.0. The van der Waals surface area contributed by atoms with E-state index >= 15 is 0 Å². The normalized spacial score (nSPS) is 24.6. The molecular formula is C15H20FN3O. The monoisotopic (exact) mass is 277 g/mol. The lowest BCUT2D eigenvalue weighted by Crippen LogP contribution is -2.58. The van der Waals surface area contributed by atoms with Crippen molar-refractivity contribution in [2.24, 2.45) is 5.41 Å². The van der Waals surface area contributed by atoms with Gasteiger partial charge in [-0.1, -0.05) is 13.8 Å². The van der Waals surface area contributed by atoms with Crippen LogP contribution >= 0.6 is 0 Å². The van der Waals surface area contributed by atoms with Gasteiger partial charge < -0.3 is 15.0 Å². The average Bonchev–Trinajstić information content (AvgIpc) is 2.79. The molecule has 1 heterocycles. The Labute approximate surface area is 117 Å². The number of rotatable bonds is 4. The van der Waals surface area contributed by atoms with Crippen molar-refractivity contribution in [3.8, 4) is 0 Å². The molecule has 2 aromatic rings. The van der Waals surface area contributed by atoms with Gasteiger partial charge in [-0.2, -0.15) is 0 Å². The molecule has 1 fully saturated rings. The molecule has 1 aliphatic carbocycles. The third-order valence-electron chi connectivity index (χ3n) is 4.30. The van der Waals surface area contributed by atoms with E-state index in [1.807, 2.05) is 6.92 Å². The molecule has 0 spiro atoms. The Morgan fingerprint density at radius 2 is 2.30 bits per heavy atom. The minimum Gasteiger partial charge on any atom is -0.378 e. The third-order valence-corrected chi connectivity index (χ3v) is 4.30. The van der Waals surface area contributed by atoms with Gasteiger partial charge in [0.25, 0.3) is 0 Å². The van der Waals surface area contributed by atoms with E-state index < -0.39 is 0 Å². The van der Waals surface area contributed by atoms with E-state index in [0.29, 0.717) is 17.5 Å². The predicted molar refractivity (Wildman–Crippen MR) is 77.3 cm³/mol. The Kier molecular flexibility index (Phi) is 3.17. The number of halogens is 1. The fourth-order valence-electron chi connectivity index (χ4n) is 2.83. The predicted octanol–water partition coefficient (Wildman–Crippen LogP) is 3.32. The molecule has 0 saturated heterocycles. The van der Waals surface area contributed by atoms with Gasteiger partial charge in [0.05, 0.1) is 17.1 Å². The van der Waals surface area contributed by atoms with Crippen molar-refractivity contribution in [1.29, 1.82) is 0 Å². The molecule has 1 aromatic carbocycles. The number of nitrogens with one attached hydrogen (secondary N) is 2.